The molecule has 3 heteroatoms. The first-order valence-corrected chi connectivity index (χ1v) is 7.69. The van der Waals surface area contributed by atoms with Crippen molar-refractivity contribution in [1.82, 2.24) is 4.90 Å². The lowest BCUT2D eigenvalue weighted by molar-refractivity contribution is -0.0960. The topological polar surface area (TPSA) is 36.6 Å². The van der Waals surface area contributed by atoms with E-state index >= 15 is 0 Å². The standard InChI is InChI=1S/C17H21NO2/c1-2-17(19)9-5-10-18-11-8-13-12-6-3-4-7-14(12)20-15(13)16(17)18/h3-4,6-7,16,19H,2,5,8-11H2,1H3. The van der Waals surface area contributed by atoms with Crippen LogP contribution in [0.15, 0.2) is 28.7 Å². The summed E-state index contributed by atoms with van der Waals surface area (Å²) in [6, 6.07) is 8.30. The highest BCUT2D eigenvalue weighted by Gasteiger charge is 2.47. The predicted octanol–water partition coefficient (Wildman–Crippen LogP) is 3.27. The van der Waals surface area contributed by atoms with E-state index < -0.39 is 5.60 Å². The van der Waals surface area contributed by atoms with Crippen molar-refractivity contribution in [3.8, 4) is 0 Å². The lowest BCUT2D eigenvalue weighted by atomic mass is 9.78. The molecule has 3 heterocycles. The molecular formula is C17H21NO2. The lowest BCUT2D eigenvalue weighted by Crippen LogP contribution is -2.52. The van der Waals surface area contributed by atoms with Crippen molar-refractivity contribution in [3.63, 3.8) is 0 Å². The van der Waals surface area contributed by atoms with Crippen LogP contribution in [0.2, 0.25) is 0 Å². The quantitative estimate of drug-likeness (QED) is 0.865. The van der Waals surface area contributed by atoms with E-state index in [-0.39, 0.29) is 6.04 Å². The molecule has 0 spiro atoms. The molecule has 0 radical (unpaired) electrons. The molecule has 0 saturated carbocycles. The van der Waals surface area contributed by atoms with Crippen LogP contribution in [-0.2, 0) is 6.42 Å². The number of para-hydroxylation sites is 1. The molecule has 20 heavy (non-hydrogen) atoms. The number of furan rings is 1. The molecule has 0 bridgehead atoms. The van der Waals surface area contributed by atoms with Gasteiger partial charge in [-0.15, -0.1) is 0 Å². The van der Waals surface area contributed by atoms with Crippen LogP contribution in [-0.4, -0.2) is 28.7 Å². The second-order valence-corrected chi connectivity index (χ2v) is 6.19. The van der Waals surface area contributed by atoms with Crippen LogP contribution in [0.1, 0.15) is 43.6 Å². The summed E-state index contributed by atoms with van der Waals surface area (Å²) in [7, 11) is 0. The van der Waals surface area contributed by atoms with Crippen molar-refractivity contribution in [3.05, 3.63) is 35.6 Å². The van der Waals surface area contributed by atoms with Crippen molar-refractivity contribution < 1.29 is 9.52 Å². The van der Waals surface area contributed by atoms with E-state index in [4.69, 9.17) is 4.42 Å². The van der Waals surface area contributed by atoms with Crippen molar-refractivity contribution in [2.24, 2.45) is 0 Å². The van der Waals surface area contributed by atoms with Gasteiger partial charge >= 0.3 is 0 Å². The number of hydrogen-bond acceptors (Lipinski definition) is 3. The van der Waals surface area contributed by atoms with E-state index in [0.29, 0.717) is 0 Å². The molecule has 2 aliphatic heterocycles. The van der Waals surface area contributed by atoms with Gasteiger partial charge in [-0.25, -0.2) is 0 Å². The molecule has 0 amide bonds. The number of piperidine rings is 1. The molecular weight excluding hydrogens is 250 g/mol. The van der Waals surface area contributed by atoms with Crippen LogP contribution in [0.5, 0.6) is 0 Å². The molecule has 1 N–H and O–H groups in total. The maximum atomic E-state index is 11.0. The van der Waals surface area contributed by atoms with Crippen molar-refractivity contribution in [2.45, 2.75) is 44.2 Å². The molecule has 1 aromatic heterocycles. The first-order valence-electron chi connectivity index (χ1n) is 7.69. The van der Waals surface area contributed by atoms with Crippen LogP contribution in [0.4, 0.5) is 0 Å². The fourth-order valence-electron chi connectivity index (χ4n) is 4.07. The molecule has 4 rings (SSSR count). The minimum Gasteiger partial charge on any atom is -0.459 e. The second-order valence-electron chi connectivity index (χ2n) is 6.19. The summed E-state index contributed by atoms with van der Waals surface area (Å²) in [6.45, 7) is 4.19. The fraction of sp³-hybridized carbons (Fsp3) is 0.529. The largest absolute Gasteiger partial charge is 0.459 e. The first kappa shape index (κ1) is 12.4. The smallest absolute Gasteiger partial charge is 0.134 e. The van der Waals surface area contributed by atoms with Crippen molar-refractivity contribution >= 4 is 11.0 Å². The molecule has 2 atom stereocenters. The summed E-state index contributed by atoms with van der Waals surface area (Å²) in [4.78, 5) is 2.41. The zero-order chi connectivity index (χ0) is 13.7. The Morgan fingerprint density at radius 1 is 1.35 bits per heavy atom. The number of nitrogens with zero attached hydrogens (tertiary/aromatic N) is 1. The molecule has 1 aromatic carbocycles. The van der Waals surface area contributed by atoms with Crippen molar-refractivity contribution in [1.29, 1.82) is 0 Å². The second kappa shape index (κ2) is 4.34. The Bertz CT molecular complexity index is 647. The molecule has 1 saturated heterocycles. The van der Waals surface area contributed by atoms with Gasteiger partial charge in [-0.05, 0) is 38.3 Å². The highest BCUT2D eigenvalue weighted by Crippen LogP contribution is 2.47. The Kier molecular flexibility index (Phi) is 2.69. The maximum Gasteiger partial charge on any atom is 0.134 e. The molecule has 2 aliphatic rings. The van der Waals surface area contributed by atoms with Crippen LogP contribution in [0, 0.1) is 0 Å². The van der Waals surface area contributed by atoms with Gasteiger partial charge < -0.3 is 9.52 Å². The molecule has 106 valence electrons. The van der Waals surface area contributed by atoms with Gasteiger partial charge in [0, 0.05) is 17.5 Å². The van der Waals surface area contributed by atoms with E-state index in [0.717, 1.165) is 50.1 Å². The molecule has 3 nitrogen and oxygen atoms in total. The molecule has 2 aromatic rings. The molecule has 1 fully saturated rings. The van der Waals surface area contributed by atoms with Gasteiger partial charge in [-0.3, -0.25) is 4.90 Å². The highest BCUT2D eigenvalue weighted by atomic mass is 16.3. The highest BCUT2D eigenvalue weighted by molar-refractivity contribution is 5.82. The average Bonchev–Trinajstić information content (AvgIpc) is 2.85. The third-order valence-electron chi connectivity index (χ3n) is 5.17. The van der Waals surface area contributed by atoms with Gasteiger partial charge in [0.25, 0.3) is 0 Å². The van der Waals surface area contributed by atoms with Crippen LogP contribution in [0.25, 0.3) is 11.0 Å². The van der Waals surface area contributed by atoms with Gasteiger partial charge in [0.1, 0.15) is 11.3 Å². The van der Waals surface area contributed by atoms with E-state index in [1.54, 1.807) is 0 Å². The van der Waals surface area contributed by atoms with Gasteiger partial charge in [-0.2, -0.15) is 0 Å². The minimum atomic E-state index is -0.638. The van der Waals surface area contributed by atoms with Gasteiger partial charge in [0.05, 0.1) is 11.6 Å². The predicted molar refractivity (Wildman–Crippen MR) is 78.7 cm³/mol. The van der Waals surface area contributed by atoms with E-state index in [1.165, 1.54) is 10.9 Å². The Balaban J connectivity index is 1.91. The van der Waals surface area contributed by atoms with Gasteiger partial charge in [0.2, 0.25) is 0 Å². The summed E-state index contributed by atoms with van der Waals surface area (Å²) in [6.07, 6.45) is 3.77. The lowest BCUT2D eigenvalue weighted by Gasteiger charge is -2.48. The summed E-state index contributed by atoms with van der Waals surface area (Å²) >= 11 is 0. The molecule has 0 aliphatic carbocycles. The third-order valence-corrected chi connectivity index (χ3v) is 5.17. The first-order chi connectivity index (χ1) is 9.73. The van der Waals surface area contributed by atoms with Gasteiger partial charge in [-0.1, -0.05) is 25.1 Å². The Hall–Kier alpha value is -1.32. The summed E-state index contributed by atoms with van der Waals surface area (Å²) in [5.74, 6) is 1.02. The van der Waals surface area contributed by atoms with E-state index in [1.807, 2.05) is 12.1 Å². The van der Waals surface area contributed by atoms with Crippen LogP contribution < -0.4 is 0 Å². The normalized spacial score (nSPS) is 30.2. The third kappa shape index (κ3) is 1.60. The number of aliphatic hydroxyl groups is 1. The van der Waals surface area contributed by atoms with Crippen LogP contribution >= 0.6 is 0 Å². The Morgan fingerprint density at radius 3 is 3.05 bits per heavy atom. The summed E-state index contributed by atoms with van der Waals surface area (Å²) in [5, 5.41) is 12.3. The number of hydrogen-bond donors (Lipinski definition) is 1. The van der Waals surface area contributed by atoms with E-state index in [2.05, 4.69) is 24.0 Å². The fourth-order valence-corrected chi connectivity index (χ4v) is 4.07. The van der Waals surface area contributed by atoms with Gasteiger partial charge in [0.15, 0.2) is 0 Å². The maximum absolute atomic E-state index is 11.0. The Morgan fingerprint density at radius 2 is 2.20 bits per heavy atom. The monoisotopic (exact) mass is 271 g/mol. The molecule has 2 unspecified atom stereocenters. The Labute approximate surface area is 119 Å². The van der Waals surface area contributed by atoms with Crippen LogP contribution in [0.3, 0.4) is 0 Å². The SMILES string of the molecule is CCC1(O)CCCN2CCc3c(oc4ccccc34)C21. The minimum absolute atomic E-state index is 0.0393. The summed E-state index contributed by atoms with van der Waals surface area (Å²) < 4.78 is 6.16. The number of rotatable bonds is 1. The zero-order valence-corrected chi connectivity index (χ0v) is 11.9. The van der Waals surface area contributed by atoms with E-state index in [9.17, 15) is 5.11 Å². The van der Waals surface area contributed by atoms with Crippen molar-refractivity contribution in [2.75, 3.05) is 13.1 Å². The number of fused-ring (bicyclic) bond motifs is 5. The number of benzene rings is 1. The zero-order valence-electron chi connectivity index (χ0n) is 11.9. The average molecular weight is 271 g/mol. The summed E-state index contributed by atoms with van der Waals surface area (Å²) in [5.41, 5.74) is 1.64.